The zero-order valence-corrected chi connectivity index (χ0v) is 22.9. The topological polar surface area (TPSA) is 29.5 Å². The molecule has 0 spiro atoms. The van der Waals surface area contributed by atoms with E-state index in [0.717, 1.165) is 19.6 Å². The number of ether oxygens (including phenoxy) is 1. The number of hydrogen-bond acceptors (Lipinski definition) is 3. The van der Waals surface area contributed by atoms with Gasteiger partial charge in [0.25, 0.3) is 0 Å². The van der Waals surface area contributed by atoms with Gasteiger partial charge in [-0.15, -0.1) is 0 Å². The van der Waals surface area contributed by atoms with Gasteiger partial charge >= 0.3 is 5.97 Å². The lowest BCUT2D eigenvalue weighted by Crippen LogP contribution is -2.30. The summed E-state index contributed by atoms with van der Waals surface area (Å²) in [6.45, 7) is 13.6. The molecule has 0 aliphatic heterocycles. The predicted molar refractivity (Wildman–Crippen MR) is 146 cm³/mol. The minimum atomic E-state index is -0.257. The van der Waals surface area contributed by atoms with E-state index in [-0.39, 0.29) is 5.97 Å². The summed E-state index contributed by atoms with van der Waals surface area (Å²) in [5.41, 5.74) is 0.492. The molecule has 0 aromatic carbocycles. The second-order valence-corrected chi connectivity index (χ2v) is 10.1. The molecule has 3 nitrogen and oxygen atoms in total. The van der Waals surface area contributed by atoms with Crippen molar-refractivity contribution in [3.05, 3.63) is 12.2 Å². The van der Waals surface area contributed by atoms with Gasteiger partial charge in [0.15, 0.2) is 0 Å². The SMILES string of the molecule is C=C(C)C(=O)OCCN(CCCCCCCCCCCC)CCCCCCCCCCCC. The first-order chi connectivity index (χ1) is 16.1. The van der Waals surface area contributed by atoms with Crippen molar-refractivity contribution in [2.75, 3.05) is 26.2 Å². The highest BCUT2D eigenvalue weighted by molar-refractivity contribution is 5.86. The molecule has 0 heterocycles. The van der Waals surface area contributed by atoms with Crippen LogP contribution in [0.5, 0.6) is 0 Å². The quantitative estimate of drug-likeness (QED) is 0.0724. The number of carbonyl (C=O) groups excluding carboxylic acids is 1. The first-order valence-corrected chi connectivity index (χ1v) is 14.7. The van der Waals surface area contributed by atoms with Crippen molar-refractivity contribution >= 4 is 5.97 Å². The van der Waals surface area contributed by atoms with Crippen LogP contribution < -0.4 is 0 Å². The fraction of sp³-hybridized carbons (Fsp3) is 0.900. The number of unbranched alkanes of at least 4 members (excludes halogenated alkanes) is 18. The summed E-state index contributed by atoms with van der Waals surface area (Å²) in [5, 5.41) is 0. The molecule has 0 saturated carbocycles. The number of rotatable bonds is 26. The molecule has 33 heavy (non-hydrogen) atoms. The lowest BCUT2D eigenvalue weighted by molar-refractivity contribution is -0.139. The molecule has 0 saturated heterocycles. The van der Waals surface area contributed by atoms with E-state index < -0.39 is 0 Å². The van der Waals surface area contributed by atoms with Crippen LogP contribution in [0, 0.1) is 0 Å². The number of esters is 1. The molecule has 0 rings (SSSR count). The highest BCUT2D eigenvalue weighted by atomic mass is 16.5. The molecule has 0 aliphatic carbocycles. The Kier molecular flexibility index (Phi) is 25.1. The third-order valence-electron chi connectivity index (χ3n) is 6.64. The van der Waals surface area contributed by atoms with E-state index >= 15 is 0 Å². The number of hydrogen-bond donors (Lipinski definition) is 0. The monoisotopic (exact) mass is 465 g/mol. The molecule has 0 aromatic heterocycles. The summed E-state index contributed by atoms with van der Waals surface area (Å²) in [7, 11) is 0. The zero-order chi connectivity index (χ0) is 24.4. The van der Waals surface area contributed by atoms with E-state index in [9.17, 15) is 4.79 Å². The fourth-order valence-corrected chi connectivity index (χ4v) is 4.37. The maximum Gasteiger partial charge on any atom is 0.333 e. The molecule has 0 radical (unpaired) electrons. The van der Waals surface area contributed by atoms with E-state index in [1.54, 1.807) is 6.92 Å². The van der Waals surface area contributed by atoms with E-state index in [2.05, 4.69) is 25.3 Å². The van der Waals surface area contributed by atoms with E-state index in [0.29, 0.717) is 12.2 Å². The summed E-state index contributed by atoms with van der Waals surface area (Å²) in [6.07, 6.45) is 27.5. The van der Waals surface area contributed by atoms with Crippen LogP contribution >= 0.6 is 0 Å². The van der Waals surface area contributed by atoms with Gasteiger partial charge in [-0.25, -0.2) is 4.79 Å². The Bertz CT molecular complexity index is 411. The fourth-order valence-electron chi connectivity index (χ4n) is 4.37. The van der Waals surface area contributed by atoms with Crippen LogP contribution in [0.25, 0.3) is 0 Å². The van der Waals surface area contributed by atoms with Crippen molar-refractivity contribution in [2.24, 2.45) is 0 Å². The zero-order valence-electron chi connectivity index (χ0n) is 22.9. The van der Waals surface area contributed by atoms with Gasteiger partial charge in [0, 0.05) is 12.1 Å². The maximum atomic E-state index is 11.7. The second-order valence-electron chi connectivity index (χ2n) is 10.1. The predicted octanol–water partition coefficient (Wildman–Crippen LogP) is 9.25. The van der Waals surface area contributed by atoms with Crippen molar-refractivity contribution in [1.82, 2.24) is 4.90 Å². The van der Waals surface area contributed by atoms with Gasteiger partial charge in [-0.05, 0) is 32.9 Å². The molecule has 196 valence electrons. The Morgan fingerprint density at radius 3 is 1.24 bits per heavy atom. The van der Waals surface area contributed by atoms with Crippen LogP contribution in [0.15, 0.2) is 12.2 Å². The van der Waals surface area contributed by atoms with Crippen molar-refractivity contribution in [1.29, 1.82) is 0 Å². The minimum Gasteiger partial charge on any atom is -0.461 e. The Hall–Kier alpha value is -0.830. The van der Waals surface area contributed by atoms with Crippen LogP contribution in [0.2, 0.25) is 0 Å². The smallest absolute Gasteiger partial charge is 0.333 e. The van der Waals surface area contributed by atoms with Crippen LogP contribution in [0.3, 0.4) is 0 Å². The molecule has 0 unspecified atom stereocenters. The minimum absolute atomic E-state index is 0.257. The molecular formula is C30H59NO2. The molecule has 0 amide bonds. The summed E-state index contributed by atoms with van der Waals surface area (Å²) < 4.78 is 5.35. The molecular weight excluding hydrogens is 406 g/mol. The largest absolute Gasteiger partial charge is 0.461 e. The molecule has 0 N–H and O–H groups in total. The summed E-state index contributed by atoms with van der Waals surface area (Å²) in [5.74, 6) is -0.257. The standard InChI is InChI=1S/C30H59NO2/c1-5-7-9-11-13-15-17-19-21-23-25-31(27-28-33-30(32)29(3)4)26-24-22-20-18-16-14-12-10-8-6-2/h3,5-28H2,1-2,4H3. The third kappa shape index (κ3) is 24.1. The summed E-state index contributed by atoms with van der Waals surface area (Å²) in [4.78, 5) is 14.2. The van der Waals surface area contributed by atoms with Crippen LogP contribution in [0.1, 0.15) is 149 Å². The summed E-state index contributed by atoms with van der Waals surface area (Å²) in [6, 6.07) is 0. The number of carbonyl (C=O) groups is 1. The average molecular weight is 466 g/mol. The van der Waals surface area contributed by atoms with Crippen molar-refractivity contribution < 1.29 is 9.53 Å². The van der Waals surface area contributed by atoms with Gasteiger partial charge in [0.05, 0.1) is 0 Å². The van der Waals surface area contributed by atoms with Crippen LogP contribution in [0.4, 0.5) is 0 Å². The Balaban J connectivity index is 3.90. The van der Waals surface area contributed by atoms with Gasteiger partial charge in [-0.3, -0.25) is 4.90 Å². The molecule has 0 fully saturated rings. The molecule has 0 aromatic rings. The van der Waals surface area contributed by atoms with Crippen LogP contribution in [-0.2, 0) is 9.53 Å². The molecule has 0 aliphatic rings. The molecule has 0 atom stereocenters. The van der Waals surface area contributed by atoms with Gasteiger partial charge in [0.1, 0.15) is 6.61 Å². The Morgan fingerprint density at radius 1 is 0.576 bits per heavy atom. The Labute approximate surface area is 208 Å². The van der Waals surface area contributed by atoms with E-state index in [1.807, 2.05) is 0 Å². The van der Waals surface area contributed by atoms with Crippen molar-refractivity contribution in [3.63, 3.8) is 0 Å². The van der Waals surface area contributed by atoms with Crippen molar-refractivity contribution in [2.45, 2.75) is 149 Å². The van der Waals surface area contributed by atoms with Gasteiger partial charge in [-0.1, -0.05) is 136 Å². The lowest BCUT2D eigenvalue weighted by Gasteiger charge is -2.22. The highest BCUT2D eigenvalue weighted by Gasteiger charge is 2.08. The number of nitrogens with zero attached hydrogens (tertiary/aromatic N) is 1. The van der Waals surface area contributed by atoms with E-state index in [1.165, 1.54) is 128 Å². The molecule has 3 heteroatoms. The lowest BCUT2D eigenvalue weighted by atomic mass is 10.1. The van der Waals surface area contributed by atoms with Gasteiger partial charge in [-0.2, -0.15) is 0 Å². The highest BCUT2D eigenvalue weighted by Crippen LogP contribution is 2.13. The summed E-state index contributed by atoms with van der Waals surface area (Å²) >= 11 is 0. The maximum absolute atomic E-state index is 11.7. The van der Waals surface area contributed by atoms with Crippen LogP contribution in [-0.4, -0.2) is 37.1 Å². The van der Waals surface area contributed by atoms with E-state index in [4.69, 9.17) is 4.74 Å². The van der Waals surface area contributed by atoms with Gasteiger partial charge < -0.3 is 4.74 Å². The third-order valence-corrected chi connectivity index (χ3v) is 6.64. The average Bonchev–Trinajstić information content (AvgIpc) is 2.80. The molecule has 0 bridgehead atoms. The van der Waals surface area contributed by atoms with Gasteiger partial charge in [0.2, 0.25) is 0 Å². The normalized spacial score (nSPS) is 11.3. The first kappa shape index (κ1) is 32.2. The Morgan fingerprint density at radius 2 is 0.909 bits per heavy atom. The second kappa shape index (κ2) is 25.8. The van der Waals surface area contributed by atoms with Crippen molar-refractivity contribution in [3.8, 4) is 0 Å². The first-order valence-electron chi connectivity index (χ1n) is 14.7.